The number of hydrogen-bond donors (Lipinski definition) is 2. The number of hydrogen-bond acceptors (Lipinski definition) is 7. The zero-order valence-corrected chi connectivity index (χ0v) is 15.5. The molecule has 0 aliphatic carbocycles. The van der Waals surface area contributed by atoms with Gasteiger partial charge in [0.25, 0.3) is 5.91 Å². The maximum Gasteiger partial charge on any atom is 0.271 e. The van der Waals surface area contributed by atoms with Crippen molar-refractivity contribution in [1.29, 1.82) is 0 Å². The second-order valence-electron chi connectivity index (χ2n) is 6.08. The Hall–Kier alpha value is -3.65. The molecule has 0 bridgehead atoms. The molecule has 0 spiro atoms. The lowest BCUT2D eigenvalue weighted by Gasteiger charge is -2.15. The second-order valence-corrected chi connectivity index (χ2v) is 6.08. The minimum Gasteiger partial charge on any atom is -0.497 e. The van der Waals surface area contributed by atoms with Crippen molar-refractivity contribution in [2.75, 3.05) is 27.7 Å². The molecule has 0 aliphatic rings. The Morgan fingerprint density at radius 3 is 2.37 bits per heavy atom. The highest BCUT2D eigenvalue weighted by molar-refractivity contribution is 5.92. The molecule has 2 N–H and O–H groups in total. The molecule has 3 aromatic rings. The summed E-state index contributed by atoms with van der Waals surface area (Å²) >= 11 is 0. The van der Waals surface area contributed by atoms with Crippen molar-refractivity contribution in [3.8, 4) is 28.5 Å². The molecule has 8 heteroatoms. The van der Waals surface area contributed by atoms with Gasteiger partial charge in [-0.05, 0) is 42.0 Å². The topological polar surface area (TPSA) is 103 Å². The fourth-order valence-electron chi connectivity index (χ4n) is 2.61. The molecule has 0 saturated heterocycles. The number of methoxy groups -OCH3 is 3. The van der Waals surface area contributed by atoms with Crippen LogP contribution in [0.4, 0.5) is 0 Å². The zero-order valence-electron chi connectivity index (χ0n) is 24.5. The number of benzene rings is 2. The molecule has 0 radical (unpaired) electrons. The van der Waals surface area contributed by atoms with Crippen LogP contribution < -0.4 is 19.5 Å². The number of ether oxygens (including phenoxy) is 3. The molecular weight excluding hydrogens is 386 g/mol. The summed E-state index contributed by atoms with van der Waals surface area (Å²) in [6.07, 6.45) is 1.19. The van der Waals surface area contributed by atoms with Crippen LogP contribution in [0.15, 0.2) is 54.9 Å². The molecule has 1 aromatic heterocycles. The largest absolute Gasteiger partial charge is 0.497 e. The van der Waals surface area contributed by atoms with E-state index in [9.17, 15) is 9.90 Å². The molecule has 30 heavy (non-hydrogen) atoms. The van der Waals surface area contributed by atoms with Crippen molar-refractivity contribution in [3.05, 3.63) is 66.1 Å². The summed E-state index contributed by atoms with van der Waals surface area (Å²) < 4.78 is 79.4. The average Bonchev–Trinajstić information content (AvgIpc) is 2.79. The van der Waals surface area contributed by atoms with Crippen molar-refractivity contribution in [2.24, 2.45) is 0 Å². The van der Waals surface area contributed by atoms with Crippen LogP contribution in [0, 0.1) is 0 Å². The van der Waals surface area contributed by atoms with Crippen molar-refractivity contribution >= 4 is 5.91 Å². The second kappa shape index (κ2) is 9.71. The molecule has 0 fully saturated rings. The molecule has 0 unspecified atom stereocenters. The molecule has 1 heterocycles. The normalized spacial score (nSPS) is 17.2. The molecule has 8 nitrogen and oxygen atoms in total. The Labute approximate surface area is 187 Å². The van der Waals surface area contributed by atoms with Gasteiger partial charge in [0.1, 0.15) is 22.9 Å². The summed E-state index contributed by atoms with van der Waals surface area (Å²) in [4.78, 5) is 20.9. The lowest BCUT2D eigenvalue weighted by atomic mass is 10.1. The number of amides is 1. The minimum atomic E-state index is -2.85. The maximum absolute atomic E-state index is 12.7. The number of aliphatic hydroxyl groups is 1. The molecule has 1 atom stereocenters. The number of nitrogens with zero attached hydrogens (tertiary/aromatic N) is 2. The summed E-state index contributed by atoms with van der Waals surface area (Å²) in [5.74, 6) is -1.12. The molecular formula is C22H23N3O5. The molecule has 2 aromatic carbocycles. The van der Waals surface area contributed by atoms with E-state index in [2.05, 4.69) is 15.3 Å². The molecule has 156 valence electrons. The monoisotopic (exact) mass is 418 g/mol. The van der Waals surface area contributed by atoms with Crippen LogP contribution in [0.25, 0.3) is 11.3 Å². The van der Waals surface area contributed by atoms with Gasteiger partial charge in [0, 0.05) is 18.2 Å². The van der Waals surface area contributed by atoms with Crippen LogP contribution in [-0.2, 0) is 0 Å². The standard InChI is InChI=1S/C22H23N3O5/c1-28-16-6-4-14(5-7-16)19-11-23-12-20(25-19)22(27)24-13-21(26)15-8-17(29-2)10-18(9-15)30-3/h4-12,21,26H,13H2,1-3H3,(H,24,27)/t21-/m1/s1/i1D3,2D3,3D3. The van der Waals surface area contributed by atoms with Crippen LogP contribution in [0.2, 0.25) is 0 Å². The zero-order chi connectivity index (χ0) is 29.0. The lowest BCUT2D eigenvalue weighted by molar-refractivity contribution is 0.0911. The predicted molar refractivity (Wildman–Crippen MR) is 111 cm³/mol. The van der Waals surface area contributed by atoms with Crippen LogP contribution in [0.1, 0.15) is 34.5 Å². The highest BCUT2D eigenvalue weighted by Gasteiger charge is 2.15. The summed E-state index contributed by atoms with van der Waals surface area (Å²) in [7, 11) is -8.29. The SMILES string of the molecule is [2H]C([2H])([2H])Oc1ccc(-c2cncc(C(=O)NC[C@@H](O)c3cc(OC([2H])([2H])[2H])cc(OC([2H])([2H])[2H])c3)n2)cc1. The van der Waals surface area contributed by atoms with Gasteiger partial charge in [-0.3, -0.25) is 9.78 Å². The van der Waals surface area contributed by atoms with E-state index in [1.807, 2.05) is 0 Å². The van der Waals surface area contributed by atoms with Crippen LogP contribution in [0.5, 0.6) is 17.2 Å². The third-order valence-corrected chi connectivity index (χ3v) is 4.11. The van der Waals surface area contributed by atoms with Gasteiger partial charge in [-0.25, -0.2) is 4.98 Å². The van der Waals surface area contributed by atoms with Gasteiger partial charge in [0.05, 0.1) is 57.6 Å². The van der Waals surface area contributed by atoms with Crippen LogP contribution in [-0.4, -0.2) is 48.6 Å². The quantitative estimate of drug-likeness (QED) is 0.580. The highest BCUT2D eigenvalue weighted by atomic mass is 16.5. The van der Waals surface area contributed by atoms with E-state index in [0.29, 0.717) is 11.3 Å². The molecule has 3 rings (SSSR count). The van der Waals surface area contributed by atoms with E-state index >= 15 is 0 Å². The first-order valence-corrected chi connectivity index (χ1v) is 8.58. The average molecular weight is 418 g/mol. The van der Waals surface area contributed by atoms with E-state index < -0.39 is 33.1 Å². The third kappa shape index (κ3) is 5.03. The summed E-state index contributed by atoms with van der Waals surface area (Å²) in [5, 5.41) is 13.1. The Kier molecular flexibility index (Phi) is 3.93. The third-order valence-electron chi connectivity index (χ3n) is 4.11. The van der Waals surface area contributed by atoms with Crippen LogP contribution >= 0.6 is 0 Å². The van der Waals surface area contributed by atoms with Gasteiger partial charge in [-0.15, -0.1) is 0 Å². The van der Waals surface area contributed by atoms with E-state index in [1.54, 1.807) is 12.1 Å². The van der Waals surface area contributed by atoms with Crippen molar-refractivity contribution in [1.82, 2.24) is 15.3 Å². The lowest BCUT2D eigenvalue weighted by Crippen LogP contribution is -2.29. The smallest absolute Gasteiger partial charge is 0.271 e. The molecule has 0 aliphatic heterocycles. The predicted octanol–water partition coefficient (Wildman–Crippen LogP) is 2.63. The first-order chi connectivity index (χ1) is 18.0. The highest BCUT2D eigenvalue weighted by Crippen LogP contribution is 2.26. The van der Waals surface area contributed by atoms with E-state index in [0.717, 1.165) is 6.07 Å². The number of carbonyl (C=O) groups is 1. The minimum absolute atomic E-state index is 0.0236. The van der Waals surface area contributed by atoms with Gasteiger partial charge in [-0.2, -0.15) is 0 Å². The van der Waals surface area contributed by atoms with Crippen LogP contribution in [0.3, 0.4) is 0 Å². The fraction of sp³-hybridized carbons (Fsp3) is 0.227. The fourth-order valence-corrected chi connectivity index (χ4v) is 2.61. The number of carbonyl (C=O) groups excluding carboxylic acids is 1. The van der Waals surface area contributed by atoms with Gasteiger partial charge in [0.15, 0.2) is 0 Å². The van der Waals surface area contributed by atoms with Gasteiger partial charge < -0.3 is 24.6 Å². The van der Waals surface area contributed by atoms with Gasteiger partial charge in [0.2, 0.25) is 0 Å². The van der Waals surface area contributed by atoms with Crippen molar-refractivity contribution < 1.29 is 36.4 Å². The van der Waals surface area contributed by atoms with Gasteiger partial charge in [-0.1, -0.05) is 0 Å². The Morgan fingerprint density at radius 2 is 1.70 bits per heavy atom. The Balaban J connectivity index is 1.72. The summed E-state index contributed by atoms with van der Waals surface area (Å²) in [6.45, 7) is -0.365. The number of aliphatic hydroxyl groups excluding tert-OH is 1. The molecule has 1 amide bonds. The number of nitrogens with one attached hydrogen (secondary N) is 1. The number of aromatic nitrogens is 2. The number of rotatable bonds is 8. The van der Waals surface area contributed by atoms with E-state index in [-0.39, 0.29) is 35.1 Å². The maximum atomic E-state index is 12.7. The van der Waals surface area contributed by atoms with Crippen molar-refractivity contribution in [3.63, 3.8) is 0 Å². The first-order valence-electron chi connectivity index (χ1n) is 13.1. The van der Waals surface area contributed by atoms with Gasteiger partial charge >= 0.3 is 0 Å². The van der Waals surface area contributed by atoms with E-state index in [1.165, 1.54) is 36.7 Å². The van der Waals surface area contributed by atoms with Crippen molar-refractivity contribution in [2.45, 2.75) is 6.10 Å². The summed E-state index contributed by atoms with van der Waals surface area (Å²) in [5.41, 5.74) is 0.775. The Morgan fingerprint density at radius 1 is 1.03 bits per heavy atom. The summed E-state index contributed by atoms with van der Waals surface area (Å²) in [6, 6.07) is 9.36. The van der Waals surface area contributed by atoms with E-state index in [4.69, 9.17) is 26.5 Å². The Bertz CT molecular complexity index is 1260. The molecule has 0 saturated carbocycles. The first kappa shape index (κ1) is 12.1.